The van der Waals surface area contributed by atoms with E-state index in [1.807, 2.05) is 11.4 Å². The molecule has 0 atom stereocenters. The number of nitrogens with zero attached hydrogens (tertiary/aromatic N) is 2. The Labute approximate surface area is 150 Å². The van der Waals surface area contributed by atoms with E-state index in [0.717, 1.165) is 32.0 Å². The Balaban J connectivity index is 1.42. The Kier molecular flexibility index (Phi) is 5.97. The summed E-state index contributed by atoms with van der Waals surface area (Å²) in [6.07, 6.45) is 1.95. The highest BCUT2D eigenvalue weighted by molar-refractivity contribution is 7.08. The fourth-order valence-corrected chi connectivity index (χ4v) is 3.10. The van der Waals surface area contributed by atoms with E-state index < -0.39 is 0 Å². The maximum absolute atomic E-state index is 11.9. The van der Waals surface area contributed by atoms with Crippen molar-refractivity contribution in [1.29, 1.82) is 0 Å². The van der Waals surface area contributed by atoms with Gasteiger partial charge in [0.25, 0.3) is 5.91 Å². The first-order valence-corrected chi connectivity index (χ1v) is 9.05. The average Bonchev–Trinajstić information content (AvgIpc) is 3.18. The van der Waals surface area contributed by atoms with E-state index in [0.29, 0.717) is 11.4 Å². The first-order valence-electron chi connectivity index (χ1n) is 8.11. The number of nitrogens with one attached hydrogen (secondary N) is 2. The summed E-state index contributed by atoms with van der Waals surface area (Å²) in [4.78, 5) is 30.2. The van der Waals surface area contributed by atoms with Crippen molar-refractivity contribution < 1.29 is 14.3 Å². The number of rotatable bonds is 6. The summed E-state index contributed by atoms with van der Waals surface area (Å²) in [7, 11) is 0. The van der Waals surface area contributed by atoms with Crippen molar-refractivity contribution in [2.24, 2.45) is 0 Å². The van der Waals surface area contributed by atoms with Crippen LogP contribution in [-0.2, 0) is 9.53 Å². The lowest BCUT2D eigenvalue weighted by molar-refractivity contribution is -0.116. The van der Waals surface area contributed by atoms with E-state index >= 15 is 0 Å². The van der Waals surface area contributed by atoms with Crippen molar-refractivity contribution in [3.8, 4) is 0 Å². The molecule has 1 aliphatic heterocycles. The Bertz CT molecular complexity index is 697. The largest absolute Gasteiger partial charge is 0.378 e. The SMILES string of the molecule is O=C(CCNC(=O)c1ccsc1)Nc1ccc(N2CCOCC2)cn1. The summed E-state index contributed by atoms with van der Waals surface area (Å²) >= 11 is 1.46. The minimum Gasteiger partial charge on any atom is -0.378 e. The van der Waals surface area contributed by atoms with Crippen molar-refractivity contribution in [3.63, 3.8) is 0 Å². The lowest BCUT2D eigenvalue weighted by atomic mass is 10.3. The van der Waals surface area contributed by atoms with Gasteiger partial charge in [-0.05, 0) is 23.6 Å². The molecule has 0 unspecified atom stereocenters. The maximum atomic E-state index is 11.9. The van der Waals surface area contributed by atoms with Gasteiger partial charge in [0, 0.05) is 37.0 Å². The van der Waals surface area contributed by atoms with Crippen LogP contribution in [0, 0.1) is 0 Å². The number of amides is 2. The Hall–Kier alpha value is -2.45. The van der Waals surface area contributed by atoms with Crippen molar-refractivity contribution in [2.45, 2.75) is 6.42 Å². The first kappa shape index (κ1) is 17.4. The molecule has 2 N–H and O–H groups in total. The van der Waals surface area contributed by atoms with Gasteiger partial charge in [-0.1, -0.05) is 0 Å². The molecule has 7 nitrogen and oxygen atoms in total. The van der Waals surface area contributed by atoms with Gasteiger partial charge >= 0.3 is 0 Å². The fourth-order valence-electron chi connectivity index (χ4n) is 2.46. The molecule has 1 fully saturated rings. The predicted octanol–water partition coefficient (Wildman–Crippen LogP) is 1.74. The van der Waals surface area contributed by atoms with Crippen LogP contribution in [0.5, 0.6) is 0 Å². The maximum Gasteiger partial charge on any atom is 0.252 e. The third-order valence-corrected chi connectivity index (χ3v) is 4.50. The summed E-state index contributed by atoms with van der Waals surface area (Å²) in [6.45, 7) is 3.41. The molecular formula is C17H20N4O3S. The molecule has 2 aromatic rings. The van der Waals surface area contributed by atoms with Gasteiger partial charge in [-0.3, -0.25) is 9.59 Å². The van der Waals surface area contributed by atoms with E-state index in [1.165, 1.54) is 11.3 Å². The Morgan fingerprint density at radius 1 is 1.24 bits per heavy atom. The molecule has 0 aliphatic carbocycles. The fraction of sp³-hybridized carbons (Fsp3) is 0.353. The van der Waals surface area contributed by atoms with Crippen LogP contribution in [0.2, 0.25) is 0 Å². The smallest absolute Gasteiger partial charge is 0.252 e. The van der Waals surface area contributed by atoms with E-state index in [4.69, 9.17) is 4.74 Å². The molecule has 0 aromatic carbocycles. The van der Waals surface area contributed by atoms with Crippen molar-refractivity contribution in [2.75, 3.05) is 43.1 Å². The Morgan fingerprint density at radius 2 is 2.08 bits per heavy atom. The van der Waals surface area contributed by atoms with Crippen LogP contribution >= 0.6 is 11.3 Å². The van der Waals surface area contributed by atoms with Crippen LogP contribution in [0.3, 0.4) is 0 Å². The molecule has 2 aromatic heterocycles. The zero-order valence-corrected chi connectivity index (χ0v) is 14.6. The number of hydrogen-bond acceptors (Lipinski definition) is 6. The summed E-state index contributed by atoms with van der Waals surface area (Å²) in [5.74, 6) is 0.158. The second-order valence-electron chi connectivity index (χ2n) is 5.57. The lowest BCUT2D eigenvalue weighted by Crippen LogP contribution is -2.36. The number of ether oxygens (including phenoxy) is 1. The molecule has 0 bridgehead atoms. The van der Waals surface area contributed by atoms with E-state index in [2.05, 4.69) is 20.5 Å². The quantitative estimate of drug-likeness (QED) is 0.820. The molecule has 1 saturated heterocycles. The average molecular weight is 360 g/mol. The molecule has 2 amide bonds. The number of thiophene rings is 1. The van der Waals surface area contributed by atoms with E-state index in [-0.39, 0.29) is 24.8 Å². The van der Waals surface area contributed by atoms with Gasteiger partial charge in [-0.15, -0.1) is 0 Å². The van der Waals surface area contributed by atoms with Crippen molar-refractivity contribution >= 4 is 34.7 Å². The van der Waals surface area contributed by atoms with Gasteiger partial charge in [0.2, 0.25) is 5.91 Å². The van der Waals surface area contributed by atoms with E-state index in [1.54, 1.807) is 23.7 Å². The van der Waals surface area contributed by atoms with Crippen LogP contribution < -0.4 is 15.5 Å². The van der Waals surface area contributed by atoms with Crippen LogP contribution in [0.1, 0.15) is 16.8 Å². The number of pyridine rings is 1. The highest BCUT2D eigenvalue weighted by Gasteiger charge is 2.12. The zero-order chi connectivity index (χ0) is 17.5. The minimum absolute atomic E-state index is 0.165. The number of carbonyl (C=O) groups is 2. The molecular weight excluding hydrogens is 340 g/mol. The first-order chi connectivity index (χ1) is 12.2. The molecule has 0 saturated carbocycles. The molecule has 0 radical (unpaired) electrons. The van der Waals surface area contributed by atoms with Gasteiger partial charge in [0.05, 0.1) is 25.1 Å². The monoisotopic (exact) mass is 360 g/mol. The second-order valence-corrected chi connectivity index (χ2v) is 6.35. The van der Waals surface area contributed by atoms with Crippen LogP contribution in [0.15, 0.2) is 35.2 Å². The second kappa shape index (κ2) is 8.59. The summed E-state index contributed by atoms with van der Waals surface area (Å²) in [5.41, 5.74) is 1.63. The summed E-state index contributed by atoms with van der Waals surface area (Å²) in [6, 6.07) is 5.47. The molecule has 3 heterocycles. The third kappa shape index (κ3) is 5.01. The van der Waals surface area contributed by atoms with Crippen molar-refractivity contribution in [3.05, 3.63) is 40.7 Å². The molecule has 8 heteroatoms. The number of carbonyl (C=O) groups excluding carboxylic acids is 2. The topological polar surface area (TPSA) is 83.6 Å². The van der Waals surface area contributed by atoms with Gasteiger partial charge in [-0.25, -0.2) is 4.98 Å². The van der Waals surface area contributed by atoms with Gasteiger partial charge < -0.3 is 20.3 Å². The van der Waals surface area contributed by atoms with Crippen LogP contribution in [0.4, 0.5) is 11.5 Å². The van der Waals surface area contributed by atoms with Crippen LogP contribution in [-0.4, -0.2) is 49.6 Å². The zero-order valence-electron chi connectivity index (χ0n) is 13.7. The predicted molar refractivity (Wildman–Crippen MR) is 97.2 cm³/mol. The minimum atomic E-state index is -0.183. The normalized spacial score (nSPS) is 14.2. The lowest BCUT2D eigenvalue weighted by Gasteiger charge is -2.28. The molecule has 3 rings (SSSR count). The number of morpholine rings is 1. The summed E-state index contributed by atoms with van der Waals surface area (Å²) in [5, 5.41) is 9.07. The van der Waals surface area contributed by atoms with Gasteiger partial charge in [-0.2, -0.15) is 11.3 Å². The Morgan fingerprint density at radius 3 is 2.76 bits per heavy atom. The van der Waals surface area contributed by atoms with Gasteiger partial charge in [0.15, 0.2) is 0 Å². The molecule has 1 aliphatic rings. The molecule has 0 spiro atoms. The number of aromatic nitrogens is 1. The van der Waals surface area contributed by atoms with Gasteiger partial charge in [0.1, 0.15) is 5.82 Å². The molecule has 25 heavy (non-hydrogen) atoms. The van der Waals surface area contributed by atoms with Crippen molar-refractivity contribution in [1.82, 2.24) is 10.3 Å². The highest BCUT2D eigenvalue weighted by Crippen LogP contribution is 2.16. The van der Waals surface area contributed by atoms with E-state index in [9.17, 15) is 9.59 Å². The number of anilines is 2. The standard InChI is InChI=1S/C17H20N4O3S/c22-16(3-5-18-17(23)13-4-10-25-12-13)20-15-2-1-14(11-19-15)21-6-8-24-9-7-21/h1-2,4,10-12H,3,5-9H2,(H,18,23)(H,19,20,22). The summed E-state index contributed by atoms with van der Waals surface area (Å²) < 4.78 is 5.33. The number of hydrogen-bond donors (Lipinski definition) is 2. The third-order valence-electron chi connectivity index (χ3n) is 3.81. The van der Waals surface area contributed by atoms with Crippen LogP contribution in [0.25, 0.3) is 0 Å². The highest BCUT2D eigenvalue weighted by atomic mass is 32.1. The molecule has 132 valence electrons.